The van der Waals surface area contributed by atoms with Crippen molar-refractivity contribution in [3.05, 3.63) is 72.7 Å². The second-order valence-corrected chi connectivity index (χ2v) is 5.00. The first-order valence-corrected chi connectivity index (χ1v) is 7.27. The molecular weight excluding hydrogens is 286 g/mol. The van der Waals surface area contributed by atoms with Crippen LogP contribution in [0.3, 0.4) is 0 Å². The van der Waals surface area contributed by atoms with Gasteiger partial charge >= 0.3 is 0 Å². The lowest BCUT2D eigenvalue weighted by Crippen LogP contribution is -1.93. The molecule has 0 atom stereocenters. The maximum Gasteiger partial charge on any atom is 0.153 e. The van der Waals surface area contributed by atoms with Gasteiger partial charge < -0.3 is 10.5 Å². The third kappa shape index (κ3) is 3.21. The van der Waals surface area contributed by atoms with E-state index in [0.717, 1.165) is 27.7 Å². The number of allylic oxidation sites excluding steroid dienone is 1. The van der Waals surface area contributed by atoms with E-state index in [1.807, 2.05) is 54.7 Å². The summed E-state index contributed by atoms with van der Waals surface area (Å²) < 4.78 is 5.97. The first kappa shape index (κ1) is 14.8. The highest BCUT2D eigenvalue weighted by atomic mass is 16.5. The number of para-hydroxylation sites is 1. The van der Waals surface area contributed by atoms with Crippen LogP contribution >= 0.6 is 0 Å². The van der Waals surface area contributed by atoms with Crippen molar-refractivity contribution >= 4 is 22.6 Å². The van der Waals surface area contributed by atoms with Gasteiger partial charge in [0.25, 0.3) is 0 Å². The van der Waals surface area contributed by atoms with Gasteiger partial charge in [-0.05, 0) is 23.8 Å². The molecule has 1 aromatic heterocycles. The van der Waals surface area contributed by atoms with Crippen LogP contribution in [0.15, 0.2) is 72.1 Å². The van der Waals surface area contributed by atoms with Gasteiger partial charge in [-0.2, -0.15) is 0 Å². The summed E-state index contributed by atoms with van der Waals surface area (Å²) in [6.45, 7) is 0. The highest BCUT2D eigenvalue weighted by molar-refractivity contribution is 6.10. The Bertz CT molecular complexity index is 870. The molecule has 2 aromatic carbocycles. The Hall–Kier alpha value is -3.14. The van der Waals surface area contributed by atoms with Crippen LogP contribution in [0.4, 0.5) is 0 Å². The van der Waals surface area contributed by atoms with Gasteiger partial charge in [0.2, 0.25) is 0 Å². The van der Waals surface area contributed by atoms with Crippen LogP contribution in [0.1, 0.15) is 5.56 Å². The zero-order valence-electron chi connectivity index (χ0n) is 12.8. The number of nitrogens with zero attached hydrogens (tertiary/aromatic N) is 2. The quantitative estimate of drug-likeness (QED) is 0.740. The highest BCUT2D eigenvalue weighted by Crippen LogP contribution is 2.30. The molecule has 3 rings (SSSR count). The van der Waals surface area contributed by atoms with Crippen molar-refractivity contribution in [3.8, 4) is 11.5 Å². The Morgan fingerprint density at radius 1 is 1.13 bits per heavy atom. The Morgan fingerprint density at radius 2 is 1.96 bits per heavy atom. The summed E-state index contributed by atoms with van der Waals surface area (Å²) in [5, 5.41) is 1.98. The van der Waals surface area contributed by atoms with Crippen molar-refractivity contribution in [3.63, 3.8) is 0 Å². The predicted octanol–water partition coefficient (Wildman–Crippen LogP) is 4.03. The maximum absolute atomic E-state index is 5.97. The molecule has 4 nitrogen and oxygen atoms in total. The van der Waals surface area contributed by atoms with E-state index in [2.05, 4.69) is 9.98 Å². The molecule has 0 bridgehead atoms. The first-order valence-electron chi connectivity index (χ1n) is 7.27. The minimum absolute atomic E-state index is 0.709. The number of hydrogen-bond donors (Lipinski definition) is 1. The molecule has 3 aromatic rings. The Kier molecular flexibility index (Phi) is 4.34. The second-order valence-electron chi connectivity index (χ2n) is 5.00. The molecule has 114 valence electrons. The molecule has 0 fully saturated rings. The van der Waals surface area contributed by atoms with E-state index in [9.17, 15) is 0 Å². The fourth-order valence-corrected chi connectivity index (χ4v) is 2.37. The van der Waals surface area contributed by atoms with Crippen LogP contribution in [0, 0.1) is 0 Å². The topological polar surface area (TPSA) is 60.5 Å². The number of aliphatic imine (C=N–C) groups is 1. The van der Waals surface area contributed by atoms with Crippen molar-refractivity contribution in [2.75, 3.05) is 7.05 Å². The van der Waals surface area contributed by atoms with Crippen LogP contribution < -0.4 is 10.5 Å². The minimum atomic E-state index is 0.709. The smallest absolute Gasteiger partial charge is 0.153 e. The SMILES string of the molecule is CN=C/C(=C\N)c1ccc2cncc(Oc3ccccc3)c2c1. The van der Waals surface area contributed by atoms with E-state index in [1.165, 1.54) is 0 Å². The Balaban J connectivity index is 2.08. The number of benzene rings is 2. The molecule has 2 N–H and O–H groups in total. The summed E-state index contributed by atoms with van der Waals surface area (Å²) in [4.78, 5) is 8.29. The van der Waals surface area contributed by atoms with Crippen molar-refractivity contribution < 1.29 is 4.74 Å². The average molecular weight is 303 g/mol. The normalized spacial score (nSPS) is 12.0. The number of rotatable bonds is 4. The van der Waals surface area contributed by atoms with Gasteiger partial charge in [-0.1, -0.05) is 30.3 Å². The third-order valence-corrected chi connectivity index (χ3v) is 3.48. The van der Waals surface area contributed by atoms with Gasteiger partial charge in [-0.25, -0.2) is 0 Å². The summed E-state index contributed by atoms with van der Waals surface area (Å²) in [7, 11) is 1.72. The number of aromatic nitrogens is 1. The van der Waals surface area contributed by atoms with E-state index < -0.39 is 0 Å². The molecule has 0 saturated heterocycles. The zero-order valence-corrected chi connectivity index (χ0v) is 12.8. The van der Waals surface area contributed by atoms with Crippen LogP contribution in [-0.2, 0) is 0 Å². The van der Waals surface area contributed by atoms with E-state index in [0.29, 0.717) is 5.75 Å². The van der Waals surface area contributed by atoms with Crippen LogP contribution in [0.25, 0.3) is 16.3 Å². The summed E-state index contributed by atoms with van der Waals surface area (Å²) in [6, 6.07) is 15.7. The van der Waals surface area contributed by atoms with Crippen LogP contribution in [0.2, 0.25) is 0 Å². The lowest BCUT2D eigenvalue weighted by atomic mass is 10.0. The standard InChI is InChI=1S/C19H17N3O/c1-21-11-16(10-20)14-7-8-15-12-22-13-19(18(15)9-14)23-17-5-3-2-4-6-17/h2-13H,20H2,1H3/b16-10+,21-11?. The summed E-state index contributed by atoms with van der Waals surface area (Å²) in [5.41, 5.74) is 7.54. The molecule has 0 aliphatic heterocycles. The lowest BCUT2D eigenvalue weighted by Gasteiger charge is -2.10. The monoisotopic (exact) mass is 303 g/mol. The largest absolute Gasteiger partial charge is 0.455 e. The zero-order chi connectivity index (χ0) is 16.1. The molecule has 23 heavy (non-hydrogen) atoms. The first-order chi connectivity index (χ1) is 11.3. The number of nitrogens with two attached hydrogens (primary N) is 1. The van der Waals surface area contributed by atoms with Crippen molar-refractivity contribution in [2.24, 2.45) is 10.7 Å². The molecule has 1 heterocycles. The fraction of sp³-hybridized carbons (Fsp3) is 0.0526. The molecule has 0 spiro atoms. The summed E-state index contributed by atoms with van der Waals surface area (Å²) in [5.74, 6) is 1.48. The summed E-state index contributed by atoms with van der Waals surface area (Å²) in [6.07, 6.45) is 6.82. The van der Waals surface area contributed by atoms with E-state index in [1.54, 1.807) is 25.7 Å². The average Bonchev–Trinajstić information content (AvgIpc) is 2.60. The number of hydrogen-bond acceptors (Lipinski definition) is 4. The van der Waals surface area contributed by atoms with Crippen molar-refractivity contribution in [2.45, 2.75) is 0 Å². The van der Waals surface area contributed by atoms with E-state index in [4.69, 9.17) is 10.5 Å². The lowest BCUT2D eigenvalue weighted by molar-refractivity contribution is 0.486. The molecule has 0 radical (unpaired) electrons. The minimum Gasteiger partial charge on any atom is -0.455 e. The van der Waals surface area contributed by atoms with Gasteiger partial charge in [-0.15, -0.1) is 0 Å². The Labute approximate surface area is 135 Å². The maximum atomic E-state index is 5.97. The molecular formula is C19H17N3O. The second kappa shape index (κ2) is 6.75. The van der Waals surface area contributed by atoms with E-state index >= 15 is 0 Å². The molecule has 0 aliphatic rings. The van der Waals surface area contributed by atoms with Gasteiger partial charge in [-0.3, -0.25) is 9.98 Å². The summed E-state index contributed by atoms with van der Waals surface area (Å²) >= 11 is 0. The van der Waals surface area contributed by atoms with Crippen molar-refractivity contribution in [1.82, 2.24) is 4.98 Å². The molecule has 4 heteroatoms. The molecule has 0 aliphatic carbocycles. The highest BCUT2D eigenvalue weighted by Gasteiger charge is 2.07. The third-order valence-electron chi connectivity index (χ3n) is 3.48. The van der Waals surface area contributed by atoms with Crippen LogP contribution in [-0.4, -0.2) is 18.2 Å². The Morgan fingerprint density at radius 3 is 2.70 bits per heavy atom. The van der Waals surface area contributed by atoms with Gasteiger partial charge in [0, 0.05) is 42.0 Å². The number of pyridine rings is 1. The van der Waals surface area contributed by atoms with Gasteiger partial charge in [0.15, 0.2) is 5.75 Å². The fourth-order valence-electron chi connectivity index (χ4n) is 2.37. The number of ether oxygens (including phenoxy) is 1. The molecule has 0 saturated carbocycles. The molecule has 0 amide bonds. The van der Waals surface area contributed by atoms with Crippen molar-refractivity contribution in [1.29, 1.82) is 0 Å². The molecule has 0 unspecified atom stereocenters. The van der Waals surface area contributed by atoms with Gasteiger partial charge in [0.05, 0.1) is 6.20 Å². The van der Waals surface area contributed by atoms with Crippen LogP contribution in [0.5, 0.6) is 11.5 Å². The van der Waals surface area contributed by atoms with Gasteiger partial charge in [0.1, 0.15) is 5.75 Å². The predicted molar refractivity (Wildman–Crippen MR) is 94.8 cm³/mol. The van der Waals surface area contributed by atoms with E-state index in [-0.39, 0.29) is 0 Å². The number of fused-ring (bicyclic) bond motifs is 1.